The summed E-state index contributed by atoms with van der Waals surface area (Å²) in [5, 5.41) is 3.34. The van der Waals surface area contributed by atoms with Crippen molar-refractivity contribution >= 4 is 0 Å². The summed E-state index contributed by atoms with van der Waals surface area (Å²) in [6.07, 6.45) is -0.715. The van der Waals surface area contributed by atoms with Crippen LogP contribution in [0.15, 0.2) is 35.9 Å². The van der Waals surface area contributed by atoms with Gasteiger partial charge in [0.05, 0.1) is 5.56 Å². The zero-order valence-electron chi connectivity index (χ0n) is 12.9. The Hall–Kier alpha value is -1.29. The molecule has 0 saturated carbocycles. The molecule has 0 radical (unpaired) electrons. The fourth-order valence-corrected chi connectivity index (χ4v) is 2.06. The molecule has 0 aliphatic rings. The highest BCUT2D eigenvalue weighted by atomic mass is 19.4. The zero-order valence-corrected chi connectivity index (χ0v) is 12.9. The van der Waals surface area contributed by atoms with Crippen LogP contribution in [0.4, 0.5) is 13.2 Å². The minimum atomic E-state index is -4.27. The van der Waals surface area contributed by atoms with Gasteiger partial charge in [0.25, 0.3) is 0 Å². The minimum Gasteiger partial charge on any atom is -0.316 e. The Morgan fingerprint density at radius 2 is 2.00 bits per heavy atom. The number of benzene rings is 1. The van der Waals surface area contributed by atoms with Gasteiger partial charge >= 0.3 is 6.18 Å². The summed E-state index contributed by atoms with van der Waals surface area (Å²) in [5.74, 6) is 0.625. The normalized spacial score (nSPS) is 13.0. The maximum atomic E-state index is 12.6. The van der Waals surface area contributed by atoms with Crippen molar-refractivity contribution in [3.8, 4) is 0 Å². The Labute approximate surface area is 125 Å². The van der Waals surface area contributed by atoms with E-state index in [4.69, 9.17) is 0 Å². The molecule has 4 heteroatoms. The lowest BCUT2D eigenvalue weighted by atomic mass is 10.0. The van der Waals surface area contributed by atoms with Crippen molar-refractivity contribution in [1.29, 1.82) is 0 Å². The van der Waals surface area contributed by atoms with Crippen LogP contribution >= 0.6 is 0 Å². The Bertz CT molecular complexity index is 461. The van der Waals surface area contributed by atoms with E-state index in [1.54, 1.807) is 6.07 Å². The van der Waals surface area contributed by atoms with Crippen molar-refractivity contribution in [2.24, 2.45) is 5.92 Å². The van der Waals surface area contributed by atoms with Crippen LogP contribution in [0.3, 0.4) is 0 Å². The van der Waals surface area contributed by atoms with Gasteiger partial charge in [0, 0.05) is 0 Å². The highest BCUT2D eigenvalue weighted by Gasteiger charge is 2.30. The van der Waals surface area contributed by atoms with Crippen molar-refractivity contribution in [3.63, 3.8) is 0 Å². The average molecular weight is 299 g/mol. The second kappa shape index (κ2) is 8.23. The molecule has 0 aliphatic carbocycles. The highest BCUT2D eigenvalue weighted by molar-refractivity contribution is 5.28. The molecule has 1 N–H and O–H groups in total. The number of alkyl halides is 3. The van der Waals surface area contributed by atoms with E-state index in [1.165, 1.54) is 12.1 Å². The molecule has 0 aromatic heterocycles. The lowest BCUT2D eigenvalue weighted by Crippen LogP contribution is -2.20. The van der Waals surface area contributed by atoms with Crippen molar-refractivity contribution in [1.82, 2.24) is 5.32 Å². The quantitative estimate of drug-likeness (QED) is 0.561. The molecule has 21 heavy (non-hydrogen) atoms. The van der Waals surface area contributed by atoms with Crippen LogP contribution in [0, 0.1) is 5.92 Å². The first-order valence-electron chi connectivity index (χ1n) is 7.31. The first-order valence-corrected chi connectivity index (χ1v) is 7.31. The lowest BCUT2D eigenvalue weighted by molar-refractivity contribution is -0.137. The Morgan fingerprint density at radius 1 is 1.29 bits per heavy atom. The van der Waals surface area contributed by atoms with Gasteiger partial charge in [-0.05, 0) is 50.4 Å². The SMILES string of the molecule is CC(=CCCNCC(C)C)Cc1cccc(C(F)(F)F)c1. The van der Waals surface area contributed by atoms with E-state index in [-0.39, 0.29) is 0 Å². The van der Waals surface area contributed by atoms with E-state index in [9.17, 15) is 13.2 Å². The van der Waals surface area contributed by atoms with Gasteiger partial charge in [-0.2, -0.15) is 13.2 Å². The number of hydrogen-bond donors (Lipinski definition) is 1. The molecule has 0 aliphatic heterocycles. The van der Waals surface area contributed by atoms with Crippen LogP contribution in [0.25, 0.3) is 0 Å². The van der Waals surface area contributed by atoms with Crippen LogP contribution in [0.5, 0.6) is 0 Å². The predicted molar refractivity (Wildman–Crippen MR) is 81.2 cm³/mol. The number of rotatable bonds is 7. The van der Waals surface area contributed by atoms with Gasteiger partial charge in [0.2, 0.25) is 0 Å². The second-order valence-electron chi connectivity index (χ2n) is 5.81. The standard InChI is InChI=1S/C17H24F3N/c1-13(2)12-21-9-5-6-14(3)10-15-7-4-8-16(11-15)17(18,19)20/h4,6-8,11,13,21H,5,9-10,12H2,1-3H3. The first kappa shape index (κ1) is 17.8. The van der Waals surface area contributed by atoms with Gasteiger partial charge in [0.1, 0.15) is 0 Å². The van der Waals surface area contributed by atoms with Crippen molar-refractivity contribution < 1.29 is 13.2 Å². The monoisotopic (exact) mass is 299 g/mol. The number of hydrogen-bond acceptors (Lipinski definition) is 1. The summed E-state index contributed by atoms with van der Waals surface area (Å²) in [7, 11) is 0. The molecule has 0 saturated heterocycles. The van der Waals surface area contributed by atoms with E-state index in [1.807, 2.05) is 6.92 Å². The number of halogens is 3. The first-order chi connectivity index (χ1) is 9.79. The molecule has 0 atom stereocenters. The molecule has 0 bridgehead atoms. The molecule has 1 rings (SSSR count). The van der Waals surface area contributed by atoms with E-state index in [2.05, 4.69) is 25.2 Å². The zero-order chi connectivity index (χ0) is 15.9. The summed E-state index contributed by atoms with van der Waals surface area (Å²) in [4.78, 5) is 0. The third-order valence-electron chi connectivity index (χ3n) is 3.10. The Morgan fingerprint density at radius 3 is 2.62 bits per heavy atom. The number of allylic oxidation sites excluding steroid dienone is 1. The topological polar surface area (TPSA) is 12.0 Å². The molecule has 1 aromatic rings. The van der Waals surface area contributed by atoms with E-state index in [0.29, 0.717) is 17.9 Å². The Kier molecular flexibility index (Phi) is 6.96. The van der Waals surface area contributed by atoms with Crippen LogP contribution in [0.1, 0.15) is 38.3 Å². The molecular formula is C17H24F3N. The maximum absolute atomic E-state index is 12.6. The van der Waals surface area contributed by atoms with Gasteiger partial charge in [-0.25, -0.2) is 0 Å². The van der Waals surface area contributed by atoms with Gasteiger partial charge < -0.3 is 5.32 Å². The van der Waals surface area contributed by atoms with Crippen molar-refractivity contribution in [2.75, 3.05) is 13.1 Å². The summed E-state index contributed by atoms with van der Waals surface area (Å²) < 4.78 is 37.9. The van der Waals surface area contributed by atoms with Gasteiger partial charge in [-0.15, -0.1) is 0 Å². The van der Waals surface area contributed by atoms with E-state index >= 15 is 0 Å². The van der Waals surface area contributed by atoms with E-state index in [0.717, 1.165) is 31.1 Å². The fourth-order valence-electron chi connectivity index (χ4n) is 2.06. The van der Waals surface area contributed by atoms with Crippen molar-refractivity contribution in [2.45, 2.75) is 39.8 Å². The molecule has 0 unspecified atom stereocenters. The van der Waals surface area contributed by atoms with Crippen molar-refractivity contribution in [3.05, 3.63) is 47.0 Å². The number of nitrogens with one attached hydrogen (secondary N) is 1. The maximum Gasteiger partial charge on any atom is 0.416 e. The molecule has 118 valence electrons. The Balaban J connectivity index is 2.49. The van der Waals surface area contributed by atoms with Crippen LogP contribution in [-0.4, -0.2) is 13.1 Å². The lowest BCUT2D eigenvalue weighted by Gasteiger charge is -2.09. The van der Waals surface area contributed by atoms with Crippen LogP contribution in [-0.2, 0) is 12.6 Å². The van der Waals surface area contributed by atoms with Crippen LogP contribution in [0.2, 0.25) is 0 Å². The smallest absolute Gasteiger partial charge is 0.316 e. The third kappa shape index (κ3) is 7.32. The minimum absolute atomic E-state index is 0.564. The summed E-state index contributed by atoms with van der Waals surface area (Å²) in [5.41, 5.74) is 1.22. The fraction of sp³-hybridized carbons (Fsp3) is 0.529. The van der Waals surface area contributed by atoms with E-state index < -0.39 is 11.7 Å². The summed E-state index contributed by atoms with van der Waals surface area (Å²) >= 11 is 0. The van der Waals surface area contributed by atoms with Gasteiger partial charge in [-0.1, -0.05) is 43.7 Å². The van der Waals surface area contributed by atoms with Gasteiger partial charge in [0.15, 0.2) is 0 Å². The molecule has 0 spiro atoms. The summed E-state index contributed by atoms with van der Waals surface area (Å²) in [6.45, 7) is 8.16. The molecule has 0 heterocycles. The molecule has 1 nitrogen and oxygen atoms in total. The molecular weight excluding hydrogens is 275 g/mol. The summed E-state index contributed by atoms with van der Waals surface area (Å²) in [6, 6.07) is 5.55. The molecule has 0 fully saturated rings. The van der Waals surface area contributed by atoms with Crippen LogP contribution < -0.4 is 5.32 Å². The molecule has 1 aromatic carbocycles. The second-order valence-corrected chi connectivity index (χ2v) is 5.81. The largest absolute Gasteiger partial charge is 0.416 e. The van der Waals surface area contributed by atoms with Gasteiger partial charge in [-0.3, -0.25) is 0 Å². The predicted octanol–water partition coefficient (Wildman–Crippen LogP) is 4.83. The molecule has 0 amide bonds. The third-order valence-corrected chi connectivity index (χ3v) is 3.10. The highest BCUT2D eigenvalue weighted by Crippen LogP contribution is 2.29. The average Bonchev–Trinajstić information content (AvgIpc) is 2.37.